The zero-order chi connectivity index (χ0) is 26.8. The molecule has 7 atom stereocenters. The fourth-order valence-corrected chi connectivity index (χ4v) is 5.09. The molecule has 2 saturated heterocycles. The highest BCUT2D eigenvalue weighted by atomic mass is 19.1. The molecule has 0 radical (unpaired) electrons. The summed E-state index contributed by atoms with van der Waals surface area (Å²) >= 11 is 0. The molecule has 0 aromatic carbocycles. The molecule has 2 fully saturated rings. The lowest BCUT2D eigenvalue weighted by atomic mass is 9.71. The standard InChI is InChI=1S/C27H40FNO7/c1-7-18-24(32)15(2)9-8-10-27(6)22(36-27)12-20(19(28)11-17-14-34-16(3)29-17)35-23(31)13-21(30)26(4,5)25(18)33/h11,14-15,18,20-22,24,30,32H,7-10,12-13H2,1-6H3/t15-,18+,20-,21-,22-,24-,27+/m0/s1. The minimum Gasteiger partial charge on any atom is -0.455 e. The summed E-state index contributed by atoms with van der Waals surface area (Å²) in [5, 5.41) is 21.8. The van der Waals surface area contributed by atoms with Gasteiger partial charge in [0.05, 0.1) is 35.7 Å². The van der Waals surface area contributed by atoms with Crippen LogP contribution in [0, 0.1) is 24.2 Å². The Kier molecular flexibility index (Phi) is 8.78. The lowest BCUT2D eigenvalue weighted by Gasteiger charge is -2.35. The smallest absolute Gasteiger partial charge is 0.309 e. The van der Waals surface area contributed by atoms with Gasteiger partial charge in [-0.3, -0.25) is 9.59 Å². The second-order valence-corrected chi connectivity index (χ2v) is 11.1. The second-order valence-electron chi connectivity index (χ2n) is 11.1. The normalized spacial score (nSPS) is 36.8. The average molecular weight is 510 g/mol. The molecular formula is C27H40FNO7. The zero-order valence-corrected chi connectivity index (χ0v) is 22.1. The summed E-state index contributed by atoms with van der Waals surface area (Å²) in [6.07, 6.45) is 0.861. The molecule has 1 aromatic heterocycles. The number of aromatic nitrogens is 1. The number of ether oxygens (including phenoxy) is 2. The number of nitrogens with zero attached hydrogens (tertiary/aromatic N) is 1. The molecule has 0 unspecified atom stereocenters. The van der Waals surface area contributed by atoms with Gasteiger partial charge in [-0.25, -0.2) is 9.37 Å². The van der Waals surface area contributed by atoms with Gasteiger partial charge in [0.2, 0.25) is 0 Å². The number of carbonyl (C=O) groups excluding carboxylic acids is 2. The average Bonchev–Trinajstić information content (AvgIpc) is 3.24. The van der Waals surface area contributed by atoms with Crippen LogP contribution in [0.15, 0.2) is 16.5 Å². The molecule has 0 amide bonds. The van der Waals surface area contributed by atoms with E-state index in [0.29, 0.717) is 25.2 Å². The van der Waals surface area contributed by atoms with Crippen LogP contribution < -0.4 is 0 Å². The lowest BCUT2D eigenvalue weighted by molar-refractivity contribution is -0.155. The van der Waals surface area contributed by atoms with Gasteiger partial charge in [-0.1, -0.05) is 34.1 Å². The fraction of sp³-hybridized carbons (Fsp3) is 0.741. The first kappa shape index (κ1) is 28.5. The first-order valence-corrected chi connectivity index (χ1v) is 12.9. The molecule has 0 spiro atoms. The van der Waals surface area contributed by atoms with Crippen LogP contribution in [0.4, 0.5) is 4.39 Å². The summed E-state index contributed by atoms with van der Waals surface area (Å²) in [6, 6.07) is 0. The number of esters is 1. The van der Waals surface area contributed by atoms with E-state index < -0.39 is 53.5 Å². The number of hydrogen-bond acceptors (Lipinski definition) is 8. The predicted octanol–water partition coefficient (Wildman–Crippen LogP) is 4.31. The topological polar surface area (TPSA) is 122 Å². The second kappa shape index (κ2) is 11.1. The Morgan fingerprint density at radius 2 is 1.97 bits per heavy atom. The monoisotopic (exact) mass is 509 g/mol. The van der Waals surface area contributed by atoms with Crippen LogP contribution in [0.25, 0.3) is 6.08 Å². The molecule has 3 heterocycles. The van der Waals surface area contributed by atoms with E-state index in [0.717, 1.165) is 12.5 Å². The summed E-state index contributed by atoms with van der Waals surface area (Å²) < 4.78 is 31.8. The fourth-order valence-electron chi connectivity index (χ4n) is 5.09. The zero-order valence-electron chi connectivity index (χ0n) is 22.1. The molecule has 2 aliphatic heterocycles. The first-order valence-electron chi connectivity index (χ1n) is 12.9. The highest BCUT2D eigenvalue weighted by molar-refractivity contribution is 5.88. The maximum atomic E-state index is 15.3. The Balaban J connectivity index is 1.87. The van der Waals surface area contributed by atoms with Crippen LogP contribution in [0.1, 0.15) is 84.7 Å². The highest BCUT2D eigenvalue weighted by Crippen LogP contribution is 2.45. The number of ketones is 1. The van der Waals surface area contributed by atoms with Crippen molar-refractivity contribution in [3.8, 4) is 0 Å². The molecule has 0 saturated carbocycles. The third kappa shape index (κ3) is 6.42. The first-order chi connectivity index (χ1) is 16.8. The van der Waals surface area contributed by atoms with Crippen LogP contribution in [-0.4, -0.2) is 57.0 Å². The van der Waals surface area contributed by atoms with Gasteiger partial charge in [0.15, 0.2) is 12.0 Å². The number of Topliss-reactive ketones (excluding diaryl/α,β-unsaturated/α-hetero) is 1. The van der Waals surface area contributed by atoms with Gasteiger partial charge in [0.25, 0.3) is 0 Å². The molecule has 2 N–H and O–H groups in total. The van der Waals surface area contributed by atoms with Crippen LogP contribution in [0.3, 0.4) is 0 Å². The number of cyclic esters (lactones) is 1. The van der Waals surface area contributed by atoms with Crippen molar-refractivity contribution >= 4 is 17.8 Å². The molecule has 0 bridgehead atoms. The quantitative estimate of drug-likeness (QED) is 0.457. The van der Waals surface area contributed by atoms with Crippen molar-refractivity contribution in [2.45, 2.75) is 110 Å². The van der Waals surface area contributed by atoms with Crippen molar-refractivity contribution < 1.29 is 38.1 Å². The maximum absolute atomic E-state index is 15.3. The number of hydrogen-bond donors (Lipinski definition) is 2. The third-order valence-electron chi connectivity index (χ3n) is 7.90. The van der Waals surface area contributed by atoms with E-state index in [1.165, 1.54) is 6.26 Å². The summed E-state index contributed by atoms with van der Waals surface area (Å²) in [5.41, 5.74) is -1.53. The van der Waals surface area contributed by atoms with Crippen LogP contribution >= 0.6 is 0 Å². The third-order valence-corrected chi connectivity index (χ3v) is 7.90. The minimum absolute atomic E-state index is 0.107. The maximum Gasteiger partial charge on any atom is 0.309 e. The van der Waals surface area contributed by atoms with E-state index >= 15 is 4.39 Å². The van der Waals surface area contributed by atoms with Gasteiger partial charge in [-0.05, 0) is 32.1 Å². The van der Waals surface area contributed by atoms with E-state index in [4.69, 9.17) is 13.9 Å². The number of oxazole rings is 1. The molecule has 2 aliphatic rings. The summed E-state index contributed by atoms with van der Waals surface area (Å²) in [5.74, 6) is -2.27. The van der Waals surface area contributed by atoms with E-state index in [1.807, 2.05) is 20.8 Å². The van der Waals surface area contributed by atoms with Gasteiger partial charge >= 0.3 is 5.97 Å². The summed E-state index contributed by atoms with van der Waals surface area (Å²) in [4.78, 5) is 30.2. The van der Waals surface area contributed by atoms with Crippen LogP contribution in [0.2, 0.25) is 0 Å². The van der Waals surface area contributed by atoms with Gasteiger partial charge < -0.3 is 24.1 Å². The largest absolute Gasteiger partial charge is 0.455 e. The number of epoxide rings is 1. The SMILES string of the molecule is CC[C@H]1C(=O)C(C)(C)[C@@H](O)CC(=O)O[C@H](C(F)=Cc2coc(C)n2)C[C@@H]2O[C@]2(C)CCC[C@H](C)[C@@H]1O. The van der Waals surface area contributed by atoms with Gasteiger partial charge in [0.1, 0.15) is 23.6 Å². The van der Waals surface area contributed by atoms with Gasteiger partial charge in [-0.15, -0.1) is 0 Å². The number of aliphatic hydroxyl groups is 2. The Morgan fingerprint density at radius 3 is 2.58 bits per heavy atom. The Labute approximate surface area is 212 Å². The Hall–Kier alpha value is -2.10. The lowest BCUT2D eigenvalue weighted by Crippen LogP contribution is -2.46. The molecule has 0 aliphatic carbocycles. The number of rotatable bonds is 3. The Bertz CT molecular complexity index is 973. The van der Waals surface area contributed by atoms with E-state index in [-0.39, 0.29) is 29.9 Å². The van der Waals surface area contributed by atoms with Crippen molar-refractivity contribution in [3.63, 3.8) is 0 Å². The van der Waals surface area contributed by atoms with Gasteiger partial charge in [-0.2, -0.15) is 0 Å². The number of fused-ring (bicyclic) bond motifs is 1. The van der Waals surface area contributed by atoms with Crippen molar-refractivity contribution in [3.05, 3.63) is 23.7 Å². The van der Waals surface area contributed by atoms with E-state index in [1.54, 1.807) is 20.8 Å². The van der Waals surface area contributed by atoms with E-state index in [2.05, 4.69) is 4.98 Å². The summed E-state index contributed by atoms with van der Waals surface area (Å²) in [6.45, 7) is 10.4. The molecule has 9 heteroatoms. The molecular weight excluding hydrogens is 469 g/mol. The molecule has 8 nitrogen and oxygen atoms in total. The predicted molar refractivity (Wildman–Crippen MR) is 130 cm³/mol. The minimum atomic E-state index is -1.37. The van der Waals surface area contributed by atoms with Gasteiger partial charge in [0, 0.05) is 25.3 Å². The number of halogens is 1. The van der Waals surface area contributed by atoms with E-state index in [9.17, 15) is 19.8 Å². The molecule has 1 aromatic rings. The van der Waals surface area contributed by atoms with Crippen molar-refractivity contribution in [1.82, 2.24) is 4.98 Å². The highest BCUT2D eigenvalue weighted by Gasteiger charge is 2.53. The van der Waals surface area contributed by atoms with Crippen molar-refractivity contribution in [2.75, 3.05) is 0 Å². The number of aryl methyl sites for hydroxylation is 1. The van der Waals surface area contributed by atoms with Crippen LogP contribution in [-0.2, 0) is 19.1 Å². The van der Waals surface area contributed by atoms with Crippen LogP contribution in [0.5, 0.6) is 0 Å². The molecule has 3 rings (SSSR count). The Morgan fingerprint density at radius 1 is 1.28 bits per heavy atom. The number of carbonyl (C=O) groups is 2. The molecule has 36 heavy (non-hydrogen) atoms. The number of aliphatic hydroxyl groups excluding tert-OH is 2. The van der Waals surface area contributed by atoms with Crippen molar-refractivity contribution in [2.24, 2.45) is 17.3 Å². The molecule has 202 valence electrons. The van der Waals surface area contributed by atoms with Crippen molar-refractivity contribution in [1.29, 1.82) is 0 Å². The summed E-state index contributed by atoms with van der Waals surface area (Å²) in [7, 11) is 0.